The standard InChI is InChI=1S/C14H18BrFO3/c1-13(2,3)19-12(17)14(4,5)18-11-8-9(15)6-7-10(11)16/h6-8H,1-5H3. The van der Waals surface area contributed by atoms with Crippen molar-refractivity contribution in [2.24, 2.45) is 0 Å². The first-order chi connectivity index (χ1) is 8.51. The summed E-state index contributed by atoms with van der Waals surface area (Å²) < 4.78 is 25.0. The minimum absolute atomic E-state index is 0.00485. The molecule has 0 unspecified atom stereocenters. The molecule has 0 saturated carbocycles. The van der Waals surface area contributed by atoms with Gasteiger partial charge in [0.15, 0.2) is 17.2 Å². The van der Waals surface area contributed by atoms with Gasteiger partial charge in [0.1, 0.15) is 5.60 Å². The summed E-state index contributed by atoms with van der Waals surface area (Å²) in [6.07, 6.45) is 0. The predicted molar refractivity (Wildman–Crippen MR) is 74.7 cm³/mol. The van der Waals surface area contributed by atoms with E-state index in [-0.39, 0.29) is 5.75 Å². The van der Waals surface area contributed by atoms with Gasteiger partial charge < -0.3 is 9.47 Å². The Balaban J connectivity index is 2.90. The lowest BCUT2D eigenvalue weighted by atomic mass is 10.1. The molecular weight excluding hydrogens is 315 g/mol. The molecule has 0 N–H and O–H groups in total. The Kier molecular flexibility index (Phi) is 4.61. The van der Waals surface area contributed by atoms with Gasteiger partial charge in [-0.15, -0.1) is 0 Å². The number of carbonyl (C=O) groups is 1. The van der Waals surface area contributed by atoms with Crippen molar-refractivity contribution >= 4 is 21.9 Å². The minimum atomic E-state index is -1.27. The molecule has 0 aliphatic rings. The van der Waals surface area contributed by atoms with Gasteiger partial charge in [-0.3, -0.25) is 0 Å². The van der Waals surface area contributed by atoms with Gasteiger partial charge in [-0.2, -0.15) is 0 Å². The summed E-state index contributed by atoms with van der Waals surface area (Å²) in [6.45, 7) is 8.38. The van der Waals surface area contributed by atoms with Crippen molar-refractivity contribution in [2.75, 3.05) is 0 Å². The third-order valence-corrected chi connectivity index (χ3v) is 2.64. The smallest absolute Gasteiger partial charge is 0.350 e. The molecule has 0 heterocycles. The lowest BCUT2D eigenvalue weighted by Crippen LogP contribution is -2.43. The Morgan fingerprint density at radius 1 is 1.21 bits per heavy atom. The van der Waals surface area contributed by atoms with E-state index < -0.39 is 23.0 Å². The topological polar surface area (TPSA) is 35.5 Å². The summed E-state index contributed by atoms with van der Waals surface area (Å²) in [5.74, 6) is -1.07. The number of benzene rings is 1. The lowest BCUT2D eigenvalue weighted by Gasteiger charge is -2.29. The number of hydrogen-bond donors (Lipinski definition) is 0. The van der Waals surface area contributed by atoms with Crippen LogP contribution in [0.4, 0.5) is 4.39 Å². The molecule has 19 heavy (non-hydrogen) atoms. The zero-order chi connectivity index (χ0) is 14.8. The van der Waals surface area contributed by atoms with Crippen LogP contribution in [0.15, 0.2) is 22.7 Å². The molecule has 0 bridgehead atoms. The fraction of sp³-hybridized carbons (Fsp3) is 0.500. The number of halogens is 2. The summed E-state index contributed by atoms with van der Waals surface area (Å²) in [6, 6.07) is 4.30. The third-order valence-electron chi connectivity index (χ3n) is 2.15. The summed E-state index contributed by atoms with van der Waals surface area (Å²) >= 11 is 3.23. The zero-order valence-electron chi connectivity index (χ0n) is 11.7. The second kappa shape index (κ2) is 5.49. The van der Waals surface area contributed by atoms with Crippen LogP contribution in [0.25, 0.3) is 0 Å². The highest BCUT2D eigenvalue weighted by Gasteiger charge is 2.35. The number of ether oxygens (including phenoxy) is 2. The van der Waals surface area contributed by atoms with Crippen LogP contribution in [0.3, 0.4) is 0 Å². The van der Waals surface area contributed by atoms with Crippen molar-refractivity contribution in [1.82, 2.24) is 0 Å². The number of hydrogen-bond acceptors (Lipinski definition) is 3. The molecule has 0 atom stereocenters. The second-order valence-corrected chi connectivity index (χ2v) is 6.60. The van der Waals surface area contributed by atoms with E-state index in [1.165, 1.54) is 12.1 Å². The fourth-order valence-corrected chi connectivity index (χ4v) is 1.61. The Bertz CT molecular complexity index is 478. The van der Waals surface area contributed by atoms with Gasteiger partial charge in [-0.1, -0.05) is 15.9 Å². The van der Waals surface area contributed by atoms with Crippen LogP contribution in [0.1, 0.15) is 34.6 Å². The van der Waals surface area contributed by atoms with Gasteiger partial charge in [-0.25, -0.2) is 9.18 Å². The van der Waals surface area contributed by atoms with Gasteiger partial charge in [0, 0.05) is 4.47 Å². The molecule has 5 heteroatoms. The molecule has 0 saturated heterocycles. The molecule has 0 radical (unpaired) electrons. The van der Waals surface area contributed by atoms with E-state index in [1.807, 2.05) is 0 Å². The van der Waals surface area contributed by atoms with Crippen molar-refractivity contribution in [3.63, 3.8) is 0 Å². The van der Waals surface area contributed by atoms with E-state index in [1.54, 1.807) is 40.7 Å². The van der Waals surface area contributed by atoms with Crippen LogP contribution in [-0.2, 0) is 9.53 Å². The Morgan fingerprint density at radius 2 is 1.79 bits per heavy atom. The highest BCUT2D eigenvalue weighted by molar-refractivity contribution is 9.10. The van der Waals surface area contributed by atoms with Gasteiger partial charge >= 0.3 is 5.97 Å². The largest absolute Gasteiger partial charge is 0.473 e. The van der Waals surface area contributed by atoms with E-state index in [9.17, 15) is 9.18 Å². The minimum Gasteiger partial charge on any atom is -0.473 e. The SMILES string of the molecule is CC(C)(C)OC(=O)C(C)(C)Oc1cc(Br)ccc1F. The van der Waals surface area contributed by atoms with Crippen LogP contribution in [-0.4, -0.2) is 17.2 Å². The fourth-order valence-electron chi connectivity index (χ4n) is 1.27. The molecule has 3 nitrogen and oxygen atoms in total. The van der Waals surface area contributed by atoms with Gasteiger partial charge in [0.05, 0.1) is 0 Å². The molecule has 0 fully saturated rings. The molecule has 1 aromatic carbocycles. The molecule has 0 aliphatic carbocycles. The maximum Gasteiger partial charge on any atom is 0.350 e. The van der Waals surface area contributed by atoms with E-state index in [0.717, 1.165) is 0 Å². The monoisotopic (exact) mass is 332 g/mol. The number of esters is 1. The number of rotatable bonds is 3. The zero-order valence-corrected chi connectivity index (χ0v) is 13.3. The van der Waals surface area contributed by atoms with Gasteiger partial charge in [0.25, 0.3) is 0 Å². The van der Waals surface area contributed by atoms with Gasteiger partial charge in [0.2, 0.25) is 0 Å². The van der Waals surface area contributed by atoms with Crippen molar-refractivity contribution in [1.29, 1.82) is 0 Å². The van der Waals surface area contributed by atoms with Gasteiger partial charge in [-0.05, 0) is 52.8 Å². The summed E-state index contributed by atoms with van der Waals surface area (Å²) in [4.78, 5) is 12.0. The molecular formula is C14H18BrFO3. The Morgan fingerprint density at radius 3 is 2.32 bits per heavy atom. The summed E-state index contributed by atoms with van der Waals surface area (Å²) in [5.41, 5.74) is -1.89. The summed E-state index contributed by atoms with van der Waals surface area (Å²) in [5, 5.41) is 0. The van der Waals surface area contributed by atoms with Crippen LogP contribution in [0, 0.1) is 5.82 Å². The maximum absolute atomic E-state index is 13.6. The molecule has 0 spiro atoms. The van der Waals surface area contributed by atoms with Crippen molar-refractivity contribution in [3.8, 4) is 5.75 Å². The average molecular weight is 333 g/mol. The quantitative estimate of drug-likeness (QED) is 0.782. The highest BCUT2D eigenvalue weighted by Crippen LogP contribution is 2.27. The van der Waals surface area contributed by atoms with E-state index in [2.05, 4.69) is 15.9 Å². The normalized spacial score (nSPS) is 12.2. The van der Waals surface area contributed by atoms with Crippen LogP contribution in [0.2, 0.25) is 0 Å². The molecule has 106 valence electrons. The third kappa shape index (κ3) is 4.82. The highest BCUT2D eigenvalue weighted by atomic mass is 79.9. The first-order valence-electron chi connectivity index (χ1n) is 5.89. The average Bonchev–Trinajstić information content (AvgIpc) is 2.20. The maximum atomic E-state index is 13.6. The molecule has 1 aromatic rings. The van der Waals surface area contributed by atoms with Crippen LogP contribution in [0.5, 0.6) is 5.75 Å². The first kappa shape index (κ1) is 16.0. The second-order valence-electron chi connectivity index (χ2n) is 5.69. The van der Waals surface area contributed by atoms with E-state index >= 15 is 0 Å². The Hall–Kier alpha value is -1.10. The molecule has 1 rings (SSSR count). The number of carbonyl (C=O) groups excluding carboxylic acids is 1. The van der Waals surface area contributed by atoms with E-state index in [0.29, 0.717) is 4.47 Å². The van der Waals surface area contributed by atoms with Crippen LogP contribution >= 0.6 is 15.9 Å². The first-order valence-corrected chi connectivity index (χ1v) is 6.68. The van der Waals surface area contributed by atoms with Crippen molar-refractivity contribution in [2.45, 2.75) is 45.8 Å². The van der Waals surface area contributed by atoms with E-state index in [4.69, 9.17) is 9.47 Å². The summed E-state index contributed by atoms with van der Waals surface area (Å²) in [7, 11) is 0. The van der Waals surface area contributed by atoms with Crippen molar-refractivity contribution < 1.29 is 18.7 Å². The Labute approximate surface area is 121 Å². The van der Waals surface area contributed by atoms with Crippen LogP contribution < -0.4 is 4.74 Å². The lowest BCUT2D eigenvalue weighted by molar-refractivity contribution is -0.171. The predicted octanol–water partition coefficient (Wildman–Crippen LogP) is 4.09. The molecule has 0 amide bonds. The molecule has 0 aliphatic heterocycles. The van der Waals surface area contributed by atoms with Crippen molar-refractivity contribution in [3.05, 3.63) is 28.5 Å². The molecule has 0 aromatic heterocycles.